The predicted molar refractivity (Wildman–Crippen MR) is 104 cm³/mol. The molecule has 0 spiro atoms. The molecule has 1 amide bonds. The summed E-state index contributed by atoms with van der Waals surface area (Å²) >= 11 is 0. The highest BCUT2D eigenvalue weighted by Crippen LogP contribution is 2.23. The smallest absolute Gasteiger partial charge is 0.270 e. The van der Waals surface area contributed by atoms with Crippen molar-refractivity contribution in [3.8, 4) is 0 Å². The van der Waals surface area contributed by atoms with Crippen LogP contribution >= 0.6 is 0 Å². The van der Waals surface area contributed by atoms with Crippen molar-refractivity contribution in [1.82, 2.24) is 15.3 Å². The summed E-state index contributed by atoms with van der Waals surface area (Å²) in [4.78, 5) is 23.2. The van der Waals surface area contributed by atoms with Crippen molar-refractivity contribution in [1.29, 1.82) is 0 Å². The molecule has 3 rings (SSSR count). The van der Waals surface area contributed by atoms with Crippen molar-refractivity contribution < 1.29 is 13.2 Å². The van der Waals surface area contributed by atoms with Gasteiger partial charge in [0.1, 0.15) is 17.3 Å². The lowest BCUT2D eigenvalue weighted by molar-refractivity contribution is 0.0945. The van der Waals surface area contributed by atoms with E-state index in [2.05, 4.69) is 15.3 Å². The van der Waals surface area contributed by atoms with Gasteiger partial charge < -0.3 is 10.2 Å². The fraction of sp³-hybridized carbons (Fsp3) is 0.421. The summed E-state index contributed by atoms with van der Waals surface area (Å²) in [6.07, 6.45) is 0.578. The molecule has 1 N–H and O–H groups in total. The molecule has 1 saturated heterocycles. The van der Waals surface area contributed by atoms with Crippen molar-refractivity contribution in [2.75, 3.05) is 23.0 Å². The Labute approximate surface area is 159 Å². The van der Waals surface area contributed by atoms with Crippen LogP contribution in [0.25, 0.3) is 0 Å². The second kappa shape index (κ2) is 8.04. The first-order chi connectivity index (χ1) is 12.9. The number of aromatic nitrogens is 2. The minimum atomic E-state index is -3.00. The van der Waals surface area contributed by atoms with Crippen molar-refractivity contribution in [3.63, 3.8) is 0 Å². The first-order valence-electron chi connectivity index (χ1n) is 9.03. The molecule has 27 heavy (non-hydrogen) atoms. The van der Waals surface area contributed by atoms with E-state index in [-0.39, 0.29) is 29.1 Å². The molecule has 1 atom stereocenters. The number of rotatable bonds is 6. The number of benzene rings is 1. The molecule has 144 valence electrons. The van der Waals surface area contributed by atoms with Gasteiger partial charge in [-0.25, -0.2) is 18.4 Å². The minimum Gasteiger partial charge on any atom is -0.353 e. The van der Waals surface area contributed by atoms with Crippen LogP contribution in [0.4, 0.5) is 5.82 Å². The summed E-state index contributed by atoms with van der Waals surface area (Å²) in [6.45, 7) is 4.71. The van der Waals surface area contributed by atoms with Gasteiger partial charge >= 0.3 is 0 Å². The second-order valence-corrected chi connectivity index (χ2v) is 8.90. The van der Waals surface area contributed by atoms with Gasteiger partial charge in [0, 0.05) is 25.2 Å². The lowest BCUT2D eigenvalue weighted by Crippen LogP contribution is -2.37. The summed E-state index contributed by atoms with van der Waals surface area (Å²) in [5.74, 6) is 1.12. The Morgan fingerprint density at radius 3 is 2.63 bits per heavy atom. The number of hydrogen-bond donors (Lipinski definition) is 1. The maximum Gasteiger partial charge on any atom is 0.270 e. The molecule has 7 nitrogen and oxygen atoms in total. The topological polar surface area (TPSA) is 92.3 Å². The average molecular weight is 388 g/mol. The van der Waals surface area contributed by atoms with Gasteiger partial charge in [-0.05, 0) is 25.8 Å². The average Bonchev–Trinajstić information content (AvgIpc) is 3.00. The van der Waals surface area contributed by atoms with Gasteiger partial charge in [0.2, 0.25) is 0 Å². The number of carbonyl (C=O) groups is 1. The molecule has 0 aliphatic carbocycles. The first-order valence-corrected chi connectivity index (χ1v) is 10.8. The Kier molecular flexibility index (Phi) is 5.74. The van der Waals surface area contributed by atoms with E-state index in [1.54, 1.807) is 13.0 Å². The highest BCUT2D eigenvalue weighted by molar-refractivity contribution is 7.91. The van der Waals surface area contributed by atoms with E-state index in [0.717, 1.165) is 5.56 Å². The normalized spacial score (nSPS) is 18.2. The maximum absolute atomic E-state index is 12.5. The zero-order valence-electron chi connectivity index (χ0n) is 15.6. The number of nitrogens with zero attached hydrogens (tertiary/aromatic N) is 3. The van der Waals surface area contributed by atoms with Crippen LogP contribution < -0.4 is 10.2 Å². The Morgan fingerprint density at radius 2 is 2.00 bits per heavy atom. The molecule has 0 radical (unpaired) electrons. The summed E-state index contributed by atoms with van der Waals surface area (Å²) in [5, 5.41) is 2.87. The molecule has 1 aromatic heterocycles. The van der Waals surface area contributed by atoms with Crippen LogP contribution in [-0.4, -0.2) is 48.4 Å². The number of sulfone groups is 1. The zero-order valence-corrected chi connectivity index (χ0v) is 16.4. The number of nitrogens with one attached hydrogen (secondary N) is 1. The van der Waals surface area contributed by atoms with Crippen LogP contribution in [0.1, 0.15) is 35.2 Å². The maximum atomic E-state index is 12.5. The van der Waals surface area contributed by atoms with E-state index in [9.17, 15) is 13.2 Å². The van der Waals surface area contributed by atoms with Crippen LogP contribution in [0.15, 0.2) is 36.4 Å². The number of carbonyl (C=O) groups excluding carboxylic acids is 1. The predicted octanol–water partition coefficient (Wildman–Crippen LogP) is 1.73. The second-order valence-electron chi connectivity index (χ2n) is 6.67. The lowest BCUT2D eigenvalue weighted by atomic mass is 10.2. The molecular weight excluding hydrogens is 364 g/mol. The van der Waals surface area contributed by atoms with Crippen LogP contribution in [0, 0.1) is 6.92 Å². The van der Waals surface area contributed by atoms with Crippen LogP contribution in [-0.2, 0) is 16.4 Å². The fourth-order valence-corrected chi connectivity index (χ4v) is 5.04. The van der Waals surface area contributed by atoms with Crippen molar-refractivity contribution in [2.24, 2.45) is 0 Å². The van der Waals surface area contributed by atoms with Crippen molar-refractivity contribution >= 4 is 21.6 Å². The highest BCUT2D eigenvalue weighted by atomic mass is 32.2. The van der Waals surface area contributed by atoms with E-state index in [1.807, 2.05) is 42.2 Å². The molecule has 2 aromatic rings. The first kappa shape index (κ1) is 19.3. The molecule has 8 heteroatoms. The zero-order chi connectivity index (χ0) is 19.4. The van der Waals surface area contributed by atoms with Crippen LogP contribution in [0.5, 0.6) is 0 Å². The van der Waals surface area contributed by atoms with Gasteiger partial charge in [-0.2, -0.15) is 0 Å². The molecule has 2 heterocycles. The minimum absolute atomic E-state index is 0.116. The molecule has 1 aliphatic heterocycles. The van der Waals surface area contributed by atoms with E-state index >= 15 is 0 Å². The highest BCUT2D eigenvalue weighted by Gasteiger charge is 2.32. The Morgan fingerprint density at radius 1 is 1.26 bits per heavy atom. The molecule has 1 aromatic carbocycles. The van der Waals surface area contributed by atoms with Gasteiger partial charge in [0.15, 0.2) is 9.84 Å². The van der Waals surface area contributed by atoms with E-state index in [4.69, 9.17) is 0 Å². The van der Waals surface area contributed by atoms with Gasteiger partial charge in [0.25, 0.3) is 5.91 Å². The molecule has 1 aliphatic rings. The quantitative estimate of drug-likeness (QED) is 0.810. The summed E-state index contributed by atoms with van der Waals surface area (Å²) in [6, 6.07) is 11.2. The monoisotopic (exact) mass is 388 g/mol. The van der Waals surface area contributed by atoms with Crippen LogP contribution in [0.3, 0.4) is 0 Å². The third-order valence-corrected chi connectivity index (χ3v) is 6.39. The number of amides is 1. The summed E-state index contributed by atoms with van der Waals surface area (Å²) in [5.41, 5.74) is 1.29. The summed E-state index contributed by atoms with van der Waals surface area (Å²) < 4.78 is 23.7. The molecular formula is C19H24N4O3S. The van der Waals surface area contributed by atoms with Crippen molar-refractivity contribution in [3.05, 3.63) is 53.5 Å². The van der Waals surface area contributed by atoms with Gasteiger partial charge in [-0.15, -0.1) is 0 Å². The summed E-state index contributed by atoms with van der Waals surface area (Å²) in [7, 11) is -3.00. The fourth-order valence-electron chi connectivity index (χ4n) is 3.31. The van der Waals surface area contributed by atoms with Gasteiger partial charge in [-0.1, -0.05) is 30.3 Å². The van der Waals surface area contributed by atoms with Gasteiger partial charge in [0.05, 0.1) is 11.5 Å². The van der Waals surface area contributed by atoms with E-state index < -0.39 is 9.84 Å². The largest absolute Gasteiger partial charge is 0.353 e. The molecule has 0 bridgehead atoms. The standard InChI is InChI=1S/C19H24N4O3S/c1-3-23(16-9-10-27(25,26)13-16)18-11-17(21-14(2)22-18)19(24)20-12-15-7-5-4-6-8-15/h4-8,11,16H,3,9-10,12-13H2,1-2H3,(H,20,24). The van der Waals surface area contributed by atoms with Gasteiger partial charge in [-0.3, -0.25) is 4.79 Å². The third kappa shape index (κ3) is 4.82. The Hall–Kier alpha value is -2.48. The number of hydrogen-bond acceptors (Lipinski definition) is 6. The number of aryl methyl sites for hydroxylation is 1. The number of anilines is 1. The van der Waals surface area contributed by atoms with Crippen LogP contribution in [0.2, 0.25) is 0 Å². The Bertz CT molecular complexity index is 916. The SMILES string of the molecule is CCN(c1cc(C(=O)NCc2ccccc2)nc(C)n1)C1CCS(=O)(=O)C1. The van der Waals surface area contributed by atoms with E-state index in [0.29, 0.717) is 31.2 Å². The van der Waals surface area contributed by atoms with E-state index in [1.165, 1.54) is 0 Å². The molecule has 0 saturated carbocycles. The Balaban J connectivity index is 1.77. The lowest BCUT2D eigenvalue weighted by Gasteiger charge is -2.28. The molecule has 1 fully saturated rings. The third-order valence-electron chi connectivity index (χ3n) is 4.64. The van der Waals surface area contributed by atoms with Crippen molar-refractivity contribution in [2.45, 2.75) is 32.9 Å². The molecule has 1 unspecified atom stereocenters.